The molecule has 0 bridgehead atoms. The van der Waals surface area contributed by atoms with Crippen LogP contribution in [0.25, 0.3) is 11.0 Å². The highest BCUT2D eigenvalue weighted by molar-refractivity contribution is 8.00. The summed E-state index contributed by atoms with van der Waals surface area (Å²) in [6.07, 6.45) is 0. The van der Waals surface area contributed by atoms with Crippen LogP contribution in [0.15, 0.2) is 17.3 Å². The lowest BCUT2D eigenvalue weighted by molar-refractivity contribution is 0.0944. The Kier molecular flexibility index (Phi) is 2.25. The van der Waals surface area contributed by atoms with Crippen LogP contribution in [-0.4, -0.2) is 35.4 Å². The van der Waals surface area contributed by atoms with E-state index in [1.165, 1.54) is 11.8 Å². The van der Waals surface area contributed by atoms with E-state index in [0.717, 1.165) is 16.2 Å². The summed E-state index contributed by atoms with van der Waals surface area (Å²) >= 11 is 1.45. The van der Waals surface area contributed by atoms with E-state index in [1.54, 1.807) is 30.9 Å². The maximum absolute atomic E-state index is 11.7. The van der Waals surface area contributed by atoms with Crippen molar-refractivity contribution in [3.63, 3.8) is 0 Å². The maximum atomic E-state index is 11.7. The highest BCUT2D eigenvalue weighted by atomic mass is 32.2. The van der Waals surface area contributed by atoms with Crippen LogP contribution in [0.3, 0.4) is 0 Å². The van der Waals surface area contributed by atoms with Gasteiger partial charge >= 0.3 is 0 Å². The molecule has 0 atom stereocenters. The SMILES string of the molecule is COc1cc2nc3n(c2cc1OC)C(=O)CS3. The van der Waals surface area contributed by atoms with Gasteiger partial charge in [0, 0.05) is 12.1 Å². The van der Waals surface area contributed by atoms with Crippen LogP contribution in [0.1, 0.15) is 4.79 Å². The molecule has 0 aliphatic carbocycles. The van der Waals surface area contributed by atoms with E-state index in [1.807, 2.05) is 0 Å². The second-order valence-electron chi connectivity index (χ2n) is 3.61. The molecule has 2 heterocycles. The Balaban J connectivity index is 2.32. The van der Waals surface area contributed by atoms with Crippen LogP contribution in [0.2, 0.25) is 0 Å². The fraction of sp³-hybridized carbons (Fsp3) is 0.273. The molecule has 0 saturated carbocycles. The van der Waals surface area contributed by atoms with Gasteiger partial charge in [-0.25, -0.2) is 4.98 Å². The van der Waals surface area contributed by atoms with Crippen molar-refractivity contribution in [2.45, 2.75) is 5.16 Å². The predicted octanol–water partition coefficient (Wildman–Crippen LogP) is 1.80. The van der Waals surface area contributed by atoms with Crippen LogP contribution in [0, 0.1) is 0 Å². The van der Waals surface area contributed by atoms with E-state index in [9.17, 15) is 4.79 Å². The van der Waals surface area contributed by atoms with Crippen molar-refractivity contribution in [2.24, 2.45) is 0 Å². The number of carbonyl (C=O) groups excluding carboxylic acids is 1. The molecule has 1 aromatic heterocycles. The summed E-state index contributed by atoms with van der Waals surface area (Å²) in [5.41, 5.74) is 1.52. The molecule has 0 N–H and O–H groups in total. The fourth-order valence-electron chi connectivity index (χ4n) is 1.91. The summed E-state index contributed by atoms with van der Waals surface area (Å²) in [7, 11) is 3.15. The lowest BCUT2D eigenvalue weighted by atomic mass is 10.2. The van der Waals surface area contributed by atoms with Crippen LogP contribution in [0.4, 0.5) is 0 Å². The van der Waals surface area contributed by atoms with Gasteiger partial charge in [0.25, 0.3) is 0 Å². The molecule has 88 valence electrons. The van der Waals surface area contributed by atoms with Gasteiger partial charge in [0.2, 0.25) is 5.91 Å². The second kappa shape index (κ2) is 3.66. The predicted molar refractivity (Wildman–Crippen MR) is 64.2 cm³/mol. The zero-order valence-corrected chi connectivity index (χ0v) is 10.2. The molecule has 0 amide bonds. The van der Waals surface area contributed by atoms with E-state index in [-0.39, 0.29) is 5.91 Å². The first kappa shape index (κ1) is 10.5. The van der Waals surface area contributed by atoms with E-state index < -0.39 is 0 Å². The monoisotopic (exact) mass is 250 g/mol. The Morgan fingerprint density at radius 3 is 2.71 bits per heavy atom. The number of ether oxygens (including phenoxy) is 2. The molecule has 2 aromatic rings. The van der Waals surface area contributed by atoms with Crippen LogP contribution in [-0.2, 0) is 0 Å². The summed E-state index contributed by atoms with van der Waals surface area (Å²) in [6, 6.07) is 3.57. The van der Waals surface area contributed by atoms with Gasteiger partial charge in [-0.1, -0.05) is 11.8 Å². The lowest BCUT2D eigenvalue weighted by Crippen LogP contribution is -2.06. The first-order valence-corrected chi connectivity index (χ1v) is 6.03. The van der Waals surface area contributed by atoms with Crippen molar-refractivity contribution in [1.82, 2.24) is 9.55 Å². The Morgan fingerprint density at radius 2 is 2.00 bits per heavy atom. The number of aromatic nitrogens is 2. The molecule has 1 aliphatic heterocycles. The average molecular weight is 250 g/mol. The highest BCUT2D eigenvalue weighted by Gasteiger charge is 2.25. The van der Waals surface area contributed by atoms with Crippen LogP contribution >= 0.6 is 11.8 Å². The van der Waals surface area contributed by atoms with Crippen molar-refractivity contribution < 1.29 is 14.3 Å². The zero-order chi connectivity index (χ0) is 12.0. The molecule has 0 unspecified atom stereocenters. The zero-order valence-electron chi connectivity index (χ0n) is 9.39. The van der Waals surface area contributed by atoms with Crippen LogP contribution in [0.5, 0.6) is 11.5 Å². The molecule has 1 aliphatic rings. The molecule has 0 saturated heterocycles. The molecule has 1 aromatic carbocycles. The molecular weight excluding hydrogens is 240 g/mol. The number of methoxy groups -OCH3 is 2. The van der Waals surface area contributed by atoms with Gasteiger partial charge in [-0.05, 0) is 0 Å². The van der Waals surface area contributed by atoms with Gasteiger partial charge in [0.15, 0.2) is 16.7 Å². The Bertz CT molecular complexity index is 621. The van der Waals surface area contributed by atoms with E-state index in [4.69, 9.17) is 9.47 Å². The van der Waals surface area contributed by atoms with Gasteiger partial charge in [-0.2, -0.15) is 0 Å². The number of benzene rings is 1. The number of imidazole rings is 1. The number of nitrogens with zero attached hydrogens (tertiary/aromatic N) is 2. The molecule has 0 spiro atoms. The minimum atomic E-state index is 0.0553. The highest BCUT2D eigenvalue weighted by Crippen LogP contribution is 2.36. The molecule has 0 radical (unpaired) electrons. The fourth-order valence-corrected chi connectivity index (χ4v) is 2.78. The van der Waals surface area contributed by atoms with Crippen molar-refractivity contribution in [3.8, 4) is 11.5 Å². The van der Waals surface area contributed by atoms with Crippen molar-refractivity contribution in [1.29, 1.82) is 0 Å². The van der Waals surface area contributed by atoms with E-state index in [2.05, 4.69) is 4.98 Å². The Hall–Kier alpha value is -1.69. The number of carbonyl (C=O) groups is 1. The van der Waals surface area contributed by atoms with Gasteiger partial charge in [-0.15, -0.1) is 0 Å². The third-order valence-electron chi connectivity index (χ3n) is 2.70. The maximum Gasteiger partial charge on any atom is 0.243 e. The molecule has 0 fully saturated rings. The number of rotatable bonds is 2. The summed E-state index contributed by atoms with van der Waals surface area (Å²) in [6.45, 7) is 0. The minimum absolute atomic E-state index is 0.0553. The van der Waals surface area contributed by atoms with Crippen molar-refractivity contribution in [3.05, 3.63) is 12.1 Å². The molecule has 17 heavy (non-hydrogen) atoms. The standard InChI is InChI=1S/C11H10N2O3S/c1-15-8-3-6-7(4-9(8)16-2)13-10(14)5-17-11(13)12-6/h3-4H,5H2,1-2H3. The summed E-state index contributed by atoms with van der Waals surface area (Å²) in [5.74, 6) is 1.73. The Morgan fingerprint density at radius 1 is 1.29 bits per heavy atom. The van der Waals surface area contributed by atoms with Gasteiger partial charge < -0.3 is 9.47 Å². The topological polar surface area (TPSA) is 53.4 Å². The van der Waals surface area contributed by atoms with Gasteiger partial charge in [-0.3, -0.25) is 9.36 Å². The average Bonchev–Trinajstić information content (AvgIpc) is 2.87. The molecule has 6 heteroatoms. The first-order valence-electron chi connectivity index (χ1n) is 5.05. The number of hydrogen-bond donors (Lipinski definition) is 0. The normalized spacial score (nSPS) is 14.1. The molecule has 5 nitrogen and oxygen atoms in total. The van der Waals surface area contributed by atoms with Gasteiger partial charge in [0.05, 0.1) is 31.0 Å². The summed E-state index contributed by atoms with van der Waals surface area (Å²) in [5, 5.41) is 0.736. The summed E-state index contributed by atoms with van der Waals surface area (Å²) in [4.78, 5) is 16.1. The number of fused-ring (bicyclic) bond motifs is 3. The number of hydrogen-bond acceptors (Lipinski definition) is 5. The smallest absolute Gasteiger partial charge is 0.243 e. The lowest BCUT2D eigenvalue weighted by Gasteiger charge is -2.07. The number of thioether (sulfide) groups is 1. The first-order chi connectivity index (χ1) is 8.24. The quantitative estimate of drug-likeness (QED) is 0.813. The van der Waals surface area contributed by atoms with Crippen molar-refractivity contribution >= 4 is 28.7 Å². The van der Waals surface area contributed by atoms with E-state index in [0.29, 0.717) is 17.3 Å². The third-order valence-corrected chi connectivity index (χ3v) is 3.63. The Labute approximate surface area is 102 Å². The largest absolute Gasteiger partial charge is 0.493 e. The van der Waals surface area contributed by atoms with Crippen LogP contribution < -0.4 is 9.47 Å². The molecule has 3 rings (SSSR count). The van der Waals surface area contributed by atoms with Gasteiger partial charge in [0.1, 0.15) is 0 Å². The minimum Gasteiger partial charge on any atom is -0.493 e. The second-order valence-corrected chi connectivity index (χ2v) is 4.55. The van der Waals surface area contributed by atoms with E-state index >= 15 is 0 Å². The summed E-state index contributed by atoms with van der Waals surface area (Å²) < 4.78 is 12.1. The van der Waals surface area contributed by atoms with Crippen molar-refractivity contribution in [2.75, 3.05) is 20.0 Å². The third kappa shape index (κ3) is 1.40. The molecular formula is C11H10N2O3S.